The summed E-state index contributed by atoms with van der Waals surface area (Å²) in [5.74, 6) is 1.03. The lowest BCUT2D eigenvalue weighted by atomic mass is 10.2. The van der Waals surface area contributed by atoms with Crippen molar-refractivity contribution in [1.29, 1.82) is 0 Å². The minimum Gasteiger partial charge on any atom is -0.367 e. The first-order chi connectivity index (χ1) is 10.8. The first-order valence-electron chi connectivity index (χ1n) is 7.10. The SMILES string of the molecule is Clc1cnccc1N1CCN(c2ncnc3sccc23)CC1. The molecule has 0 N–H and O–H groups in total. The number of aromatic nitrogens is 3. The zero-order valence-electron chi connectivity index (χ0n) is 11.8. The molecule has 5 nitrogen and oxygen atoms in total. The molecule has 4 heterocycles. The molecular weight excluding hydrogens is 318 g/mol. The highest BCUT2D eigenvalue weighted by molar-refractivity contribution is 7.16. The van der Waals surface area contributed by atoms with Crippen molar-refractivity contribution in [3.63, 3.8) is 0 Å². The van der Waals surface area contributed by atoms with Gasteiger partial charge in [0.1, 0.15) is 17.0 Å². The van der Waals surface area contributed by atoms with Gasteiger partial charge in [0.25, 0.3) is 0 Å². The van der Waals surface area contributed by atoms with Gasteiger partial charge >= 0.3 is 0 Å². The summed E-state index contributed by atoms with van der Waals surface area (Å²) in [6, 6.07) is 4.07. The Balaban J connectivity index is 1.55. The maximum Gasteiger partial charge on any atom is 0.140 e. The Kier molecular flexibility index (Phi) is 3.56. The van der Waals surface area contributed by atoms with Crippen LogP contribution in [0.1, 0.15) is 0 Å². The zero-order chi connectivity index (χ0) is 14.9. The first kappa shape index (κ1) is 13.7. The van der Waals surface area contributed by atoms with E-state index in [4.69, 9.17) is 11.6 Å². The van der Waals surface area contributed by atoms with Gasteiger partial charge in [-0.25, -0.2) is 9.97 Å². The van der Waals surface area contributed by atoms with Crippen LogP contribution in [-0.2, 0) is 0 Å². The highest BCUT2D eigenvalue weighted by Crippen LogP contribution is 2.29. The molecule has 0 atom stereocenters. The fourth-order valence-electron chi connectivity index (χ4n) is 2.81. The van der Waals surface area contributed by atoms with Crippen LogP contribution in [0.25, 0.3) is 10.2 Å². The van der Waals surface area contributed by atoms with Crippen LogP contribution < -0.4 is 9.80 Å². The van der Waals surface area contributed by atoms with E-state index in [1.54, 1.807) is 30.1 Å². The van der Waals surface area contributed by atoms with E-state index in [1.165, 1.54) is 0 Å². The Hall–Kier alpha value is -1.92. The number of halogens is 1. The average molecular weight is 332 g/mol. The molecule has 7 heteroatoms. The van der Waals surface area contributed by atoms with E-state index in [1.807, 2.05) is 6.07 Å². The number of pyridine rings is 1. The number of nitrogens with zero attached hydrogens (tertiary/aromatic N) is 5. The third kappa shape index (κ3) is 2.38. The maximum atomic E-state index is 6.24. The molecule has 1 aliphatic rings. The van der Waals surface area contributed by atoms with Crippen LogP contribution in [0.2, 0.25) is 5.02 Å². The smallest absolute Gasteiger partial charge is 0.140 e. The standard InChI is InChI=1S/C15H14ClN5S/c16-12-9-17-3-1-13(12)20-4-6-21(7-5-20)14-11-2-8-22-15(11)19-10-18-14/h1-3,8-10H,4-7H2. The Morgan fingerprint density at radius 2 is 1.86 bits per heavy atom. The molecule has 0 bridgehead atoms. The predicted molar refractivity (Wildman–Crippen MR) is 91.1 cm³/mol. The van der Waals surface area contributed by atoms with Gasteiger partial charge in [-0.3, -0.25) is 4.98 Å². The Morgan fingerprint density at radius 1 is 1.05 bits per heavy atom. The van der Waals surface area contributed by atoms with E-state index in [2.05, 4.69) is 36.2 Å². The maximum absolute atomic E-state index is 6.24. The van der Waals surface area contributed by atoms with Crippen molar-refractivity contribution in [2.75, 3.05) is 36.0 Å². The molecule has 0 unspecified atom stereocenters. The van der Waals surface area contributed by atoms with Crippen molar-refractivity contribution in [3.8, 4) is 0 Å². The van der Waals surface area contributed by atoms with Crippen LogP contribution in [0, 0.1) is 0 Å². The first-order valence-corrected chi connectivity index (χ1v) is 8.36. The molecule has 0 spiro atoms. The van der Waals surface area contributed by atoms with Gasteiger partial charge in [-0.05, 0) is 17.5 Å². The lowest BCUT2D eigenvalue weighted by Gasteiger charge is -2.37. The van der Waals surface area contributed by atoms with Gasteiger partial charge in [-0.2, -0.15) is 0 Å². The van der Waals surface area contributed by atoms with Crippen LogP contribution in [0.5, 0.6) is 0 Å². The molecule has 0 radical (unpaired) electrons. The fourth-order valence-corrected chi connectivity index (χ4v) is 3.78. The minimum absolute atomic E-state index is 0.707. The van der Waals surface area contributed by atoms with Gasteiger partial charge in [-0.15, -0.1) is 11.3 Å². The molecule has 3 aromatic rings. The largest absolute Gasteiger partial charge is 0.367 e. The van der Waals surface area contributed by atoms with Gasteiger partial charge in [0, 0.05) is 38.6 Å². The Labute approximate surface area is 137 Å². The topological polar surface area (TPSA) is 45.2 Å². The van der Waals surface area contributed by atoms with Crippen molar-refractivity contribution in [2.24, 2.45) is 0 Å². The van der Waals surface area contributed by atoms with E-state index in [9.17, 15) is 0 Å². The molecule has 0 aliphatic carbocycles. The summed E-state index contributed by atoms with van der Waals surface area (Å²) in [4.78, 5) is 18.5. The second-order valence-corrected chi connectivity index (χ2v) is 6.44. The van der Waals surface area contributed by atoms with Gasteiger partial charge < -0.3 is 9.80 Å². The minimum atomic E-state index is 0.707. The predicted octanol–water partition coefficient (Wildman–Crippen LogP) is 3.07. The molecule has 4 rings (SSSR count). The van der Waals surface area contributed by atoms with Crippen molar-refractivity contribution in [1.82, 2.24) is 15.0 Å². The molecule has 0 amide bonds. The number of hydrogen-bond acceptors (Lipinski definition) is 6. The second-order valence-electron chi connectivity index (χ2n) is 5.14. The molecule has 0 saturated carbocycles. The molecule has 22 heavy (non-hydrogen) atoms. The van der Waals surface area contributed by atoms with Crippen molar-refractivity contribution in [3.05, 3.63) is 41.3 Å². The van der Waals surface area contributed by atoms with Gasteiger partial charge in [0.05, 0.1) is 16.1 Å². The number of thiophene rings is 1. The number of piperazine rings is 1. The number of fused-ring (bicyclic) bond motifs is 1. The van der Waals surface area contributed by atoms with Crippen molar-refractivity contribution >= 4 is 44.7 Å². The highest BCUT2D eigenvalue weighted by atomic mass is 35.5. The molecule has 3 aromatic heterocycles. The summed E-state index contributed by atoms with van der Waals surface area (Å²) < 4.78 is 0. The van der Waals surface area contributed by atoms with Gasteiger partial charge in [0.15, 0.2) is 0 Å². The molecule has 1 aliphatic heterocycles. The van der Waals surface area contributed by atoms with E-state index in [0.29, 0.717) is 5.02 Å². The zero-order valence-corrected chi connectivity index (χ0v) is 13.4. The quantitative estimate of drug-likeness (QED) is 0.722. The van der Waals surface area contributed by atoms with E-state index < -0.39 is 0 Å². The van der Waals surface area contributed by atoms with Crippen LogP contribution in [0.15, 0.2) is 36.2 Å². The highest BCUT2D eigenvalue weighted by Gasteiger charge is 2.21. The Bertz CT molecular complexity index is 797. The molecule has 112 valence electrons. The van der Waals surface area contributed by atoms with Gasteiger partial charge in [-0.1, -0.05) is 11.6 Å². The lowest BCUT2D eigenvalue weighted by molar-refractivity contribution is 0.649. The third-order valence-electron chi connectivity index (χ3n) is 3.91. The second kappa shape index (κ2) is 5.70. The molecule has 0 aromatic carbocycles. The van der Waals surface area contributed by atoms with Gasteiger partial charge in [0.2, 0.25) is 0 Å². The number of hydrogen-bond donors (Lipinski definition) is 0. The van der Waals surface area contributed by atoms with Crippen LogP contribution >= 0.6 is 22.9 Å². The summed E-state index contributed by atoms with van der Waals surface area (Å²) in [7, 11) is 0. The summed E-state index contributed by atoms with van der Waals surface area (Å²) in [6.45, 7) is 3.67. The van der Waals surface area contributed by atoms with E-state index in [-0.39, 0.29) is 0 Å². The van der Waals surface area contributed by atoms with Crippen LogP contribution in [0.4, 0.5) is 11.5 Å². The monoisotopic (exact) mass is 331 g/mol. The number of rotatable bonds is 2. The molecular formula is C15H14ClN5S. The van der Waals surface area contributed by atoms with Crippen molar-refractivity contribution in [2.45, 2.75) is 0 Å². The summed E-state index contributed by atoms with van der Waals surface area (Å²) >= 11 is 7.89. The van der Waals surface area contributed by atoms with E-state index in [0.717, 1.165) is 47.9 Å². The van der Waals surface area contributed by atoms with Crippen molar-refractivity contribution < 1.29 is 0 Å². The normalized spacial score (nSPS) is 15.5. The summed E-state index contributed by atoms with van der Waals surface area (Å²) in [5, 5.41) is 3.91. The molecule has 1 fully saturated rings. The summed E-state index contributed by atoms with van der Waals surface area (Å²) in [5.41, 5.74) is 1.06. The Morgan fingerprint density at radius 3 is 2.68 bits per heavy atom. The molecule has 1 saturated heterocycles. The van der Waals surface area contributed by atoms with Crippen LogP contribution in [0.3, 0.4) is 0 Å². The van der Waals surface area contributed by atoms with Crippen LogP contribution in [-0.4, -0.2) is 41.1 Å². The summed E-state index contributed by atoms with van der Waals surface area (Å²) in [6.07, 6.45) is 5.13. The number of anilines is 2. The third-order valence-corrected chi connectivity index (χ3v) is 5.02. The van der Waals surface area contributed by atoms with E-state index >= 15 is 0 Å². The average Bonchev–Trinajstić information content (AvgIpc) is 3.04. The fraction of sp³-hybridized carbons (Fsp3) is 0.267. The lowest BCUT2D eigenvalue weighted by Crippen LogP contribution is -2.47.